The van der Waals surface area contributed by atoms with Crippen molar-refractivity contribution in [2.24, 2.45) is 0 Å². The molecule has 0 amide bonds. The van der Waals surface area contributed by atoms with Gasteiger partial charge in [0, 0.05) is 19.8 Å². The average molecular weight is 405 g/mol. The third kappa shape index (κ3) is 7.33. The second-order valence-corrected chi connectivity index (χ2v) is 7.43. The third-order valence-electron chi connectivity index (χ3n) is 4.95. The Kier molecular flexibility index (Phi) is 8.95. The summed E-state index contributed by atoms with van der Waals surface area (Å²) in [5.41, 5.74) is 4.86. The first-order valence-electron chi connectivity index (χ1n) is 10.8. The second kappa shape index (κ2) is 12.2. The number of hydrogen-bond donors (Lipinski definition) is 0. The van der Waals surface area contributed by atoms with Crippen molar-refractivity contribution in [1.29, 1.82) is 0 Å². The van der Waals surface area contributed by atoms with Gasteiger partial charge in [-0.15, -0.1) is 0 Å². The van der Waals surface area contributed by atoms with Crippen LogP contribution in [0.15, 0.2) is 78.9 Å². The lowest BCUT2D eigenvalue weighted by Crippen LogP contribution is -2.13. The van der Waals surface area contributed by atoms with E-state index in [4.69, 9.17) is 14.2 Å². The quantitative estimate of drug-likeness (QED) is 0.331. The predicted molar refractivity (Wildman–Crippen MR) is 123 cm³/mol. The van der Waals surface area contributed by atoms with E-state index >= 15 is 0 Å². The van der Waals surface area contributed by atoms with Gasteiger partial charge < -0.3 is 14.2 Å². The molecule has 0 aromatic heterocycles. The topological polar surface area (TPSA) is 27.7 Å². The van der Waals surface area contributed by atoms with E-state index in [9.17, 15) is 0 Å². The number of rotatable bonds is 12. The normalized spacial score (nSPS) is 11.9. The van der Waals surface area contributed by atoms with Crippen LogP contribution in [0.25, 0.3) is 11.1 Å². The minimum Gasteiger partial charge on any atom is -0.489 e. The second-order valence-electron chi connectivity index (χ2n) is 7.43. The molecular weight excluding hydrogens is 372 g/mol. The summed E-state index contributed by atoms with van der Waals surface area (Å²) in [5, 5.41) is 0. The van der Waals surface area contributed by atoms with Crippen LogP contribution in [0.2, 0.25) is 0 Å². The van der Waals surface area contributed by atoms with Crippen LogP contribution in [-0.4, -0.2) is 25.9 Å². The number of hydrogen-bond acceptors (Lipinski definition) is 3. The van der Waals surface area contributed by atoms with Gasteiger partial charge in [-0.1, -0.05) is 66.7 Å². The van der Waals surface area contributed by atoms with Crippen molar-refractivity contribution >= 4 is 0 Å². The predicted octanol–water partition coefficient (Wildman–Crippen LogP) is 6.31. The largest absolute Gasteiger partial charge is 0.489 e. The van der Waals surface area contributed by atoms with E-state index in [2.05, 4.69) is 55.5 Å². The molecule has 3 nitrogen and oxygen atoms in total. The van der Waals surface area contributed by atoms with E-state index in [1.807, 2.05) is 37.3 Å². The Balaban J connectivity index is 1.47. The maximum absolute atomic E-state index is 5.88. The highest BCUT2D eigenvalue weighted by Gasteiger charge is 2.05. The van der Waals surface area contributed by atoms with Crippen LogP contribution in [0.4, 0.5) is 0 Å². The zero-order chi connectivity index (χ0) is 21.0. The Labute approximate surface area is 180 Å². The molecule has 1 atom stereocenters. The lowest BCUT2D eigenvalue weighted by atomic mass is 10.0. The van der Waals surface area contributed by atoms with Crippen LogP contribution >= 0.6 is 0 Å². The van der Waals surface area contributed by atoms with Crippen molar-refractivity contribution in [2.45, 2.75) is 39.4 Å². The molecule has 0 radical (unpaired) electrons. The molecular formula is C27H32O3. The molecule has 3 aromatic rings. The summed E-state index contributed by atoms with van der Waals surface area (Å²) in [5.74, 6) is 0.884. The van der Waals surface area contributed by atoms with Gasteiger partial charge in [0.25, 0.3) is 0 Å². The Morgan fingerprint density at radius 2 is 1.40 bits per heavy atom. The van der Waals surface area contributed by atoms with E-state index in [0.717, 1.165) is 38.4 Å². The molecule has 0 saturated heterocycles. The Bertz CT molecular complexity index is 842. The van der Waals surface area contributed by atoms with Crippen molar-refractivity contribution in [2.75, 3.05) is 19.8 Å². The van der Waals surface area contributed by atoms with Crippen LogP contribution in [0, 0.1) is 0 Å². The molecule has 0 bridgehead atoms. The highest BCUT2D eigenvalue weighted by molar-refractivity contribution is 5.64. The molecule has 0 fully saturated rings. The van der Waals surface area contributed by atoms with Crippen LogP contribution < -0.4 is 4.74 Å². The molecule has 0 saturated carbocycles. The fraction of sp³-hybridized carbons (Fsp3) is 0.333. The van der Waals surface area contributed by atoms with Gasteiger partial charge in [0.05, 0.1) is 6.10 Å². The first kappa shape index (κ1) is 22.1. The first-order chi connectivity index (χ1) is 14.7. The molecule has 158 valence electrons. The van der Waals surface area contributed by atoms with Crippen molar-refractivity contribution < 1.29 is 14.2 Å². The van der Waals surface area contributed by atoms with Gasteiger partial charge >= 0.3 is 0 Å². The van der Waals surface area contributed by atoms with Gasteiger partial charge in [-0.05, 0) is 61.1 Å². The van der Waals surface area contributed by atoms with Crippen LogP contribution in [0.3, 0.4) is 0 Å². The maximum Gasteiger partial charge on any atom is 0.119 e. The fourth-order valence-electron chi connectivity index (χ4n) is 3.30. The number of benzene rings is 3. The molecule has 0 N–H and O–H groups in total. The lowest BCUT2D eigenvalue weighted by Gasteiger charge is -2.13. The molecule has 0 aliphatic carbocycles. The van der Waals surface area contributed by atoms with E-state index in [1.54, 1.807) is 0 Å². The molecule has 30 heavy (non-hydrogen) atoms. The SMILES string of the molecule is CCOCCCOC(C)Cc1ccc(-c2ccc(OCc3ccccc3)cc2)cc1. The highest BCUT2D eigenvalue weighted by atomic mass is 16.5. The summed E-state index contributed by atoms with van der Waals surface area (Å²) >= 11 is 0. The van der Waals surface area contributed by atoms with Gasteiger partial charge in [-0.25, -0.2) is 0 Å². The molecule has 1 unspecified atom stereocenters. The summed E-state index contributed by atoms with van der Waals surface area (Å²) in [4.78, 5) is 0. The molecule has 3 heteroatoms. The summed E-state index contributed by atoms with van der Waals surface area (Å²) in [6.45, 7) is 7.02. The van der Waals surface area contributed by atoms with Crippen molar-refractivity contribution in [3.63, 3.8) is 0 Å². The fourth-order valence-corrected chi connectivity index (χ4v) is 3.30. The molecule has 0 aliphatic heterocycles. The van der Waals surface area contributed by atoms with Crippen LogP contribution in [0.5, 0.6) is 5.75 Å². The Morgan fingerprint density at radius 1 is 0.733 bits per heavy atom. The lowest BCUT2D eigenvalue weighted by molar-refractivity contribution is 0.0449. The third-order valence-corrected chi connectivity index (χ3v) is 4.95. The molecule has 0 heterocycles. The molecule has 3 aromatic carbocycles. The summed E-state index contributed by atoms with van der Waals surface area (Å²) in [6, 6.07) is 27.2. The van der Waals surface area contributed by atoms with Gasteiger partial charge in [0.2, 0.25) is 0 Å². The van der Waals surface area contributed by atoms with Crippen molar-refractivity contribution in [3.8, 4) is 16.9 Å². The van der Waals surface area contributed by atoms with Crippen molar-refractivity contribution in [3.05, 3.63) is 90.0 Å². The summed E-state index contributed by atoms with van der Waals surface area (Å²) < 4.78 is 17.1. The van der Waals surface area contributed by atoms with Crippen LogP contribution in [-0.2, 0) is 22.5 Å². The minimum atomic E-state index is 0.207. The molecule has 0 spiro atoms. The maximum atomic E-state index is 5.88. The summed E-state index contributed by atoms with van der Waals surface area (Å²) in [7, 11) is 0. The van der Waals surface area contributed by atoms with Crippen molar-refractivity contribution in [1.82, 2.24) is 0 Å². The molecule has 0 aliphatic rings. The van der Waals surface area contributed by atoms with Gasteiger partial charge in [-0.3, -0.25) is 0 Å². The highest BCUT2D eigenvalue weighted by Crippen LogP contribution is 2.24. The van der Waals surface area contributed by atoms with Crippen LogP contribution in [0.1, 0.15) is 31.4 Å². The smallest absolute Gasteiger partial charge is 0.119 e. The average Bonchev–Trinajstić information content (AvgIpc) is 2.79. The van der Waals surface area contributed by atoms with Gasteiger partial charge in [0.1, 0.15) is 12.4 Å². The van der Waals surface area contributed by atoms with Gasteiger partial charge in [0.15, 0.2) is 0 Å². The Hall–Kier alpha value is -2.62. The van der Waals surface area contributed by atoms with E-state index < -0.39 is 0 Å². The van der Waals surface area contributed by atoms with E-state index in [-0.39, 0.29) is 6.10 Å². The minimum absolute atomic E-state index is 0.207. The summed E-state index contributed by atoms with van der Waals surface area (Å²) in [6.07, 6.45) is 2.07. The molecule has 3 rings (SSSR count). The number of ether oxygens (including phenoxy) is 3. The zero-order valence-electron chi connectivity index (χ0n) is 18.1. The standard InChI is InChI=1S/C27H32O3/c1-3-28-18-7-19-29-22(2)20-23-10-12-25(13-11-23)26-14-16-27(17-15-26)30-21-24-8-5-4-6-9-24/h4-6,8-17,22H,3,7,18-21H2,1-2H3. The first-order valence-corrected chi connectivity index (χ1v) is 10.8. The van der Waals surface area contributed by atoms with Gasteiger partial charge in [-0.2, -0.15) is 0 Å². The van der Waals surface area contributed by atoms with E-state index in [0.29, 0.717) is 6.61 Å². The zero-order valence-corrected chi connectivity index (χ0v) is 18.1. The van der Waals surface area contributed by atoms with E-state index in [1.165, 1.54) is 22.3 Å². The monoisotopic (exact) mass is 404 g/mol. The Morgan fingerprint density at radius 3 is 2.07 bits per heavy atom.